The Morgan fingerprint density at radius 3 is 2.48 bits per heavy atom. The maximum absolute atomic E-state index is 13.9. The number of thiazole rings is 1. The van der Waals surface area contributed by atoms with Crippen LogP contribution in [0, 0.1) is 0 Å². The number of ether oxygens (including phenoxy) is 2. The van der Waals surface area contributed by atoms with Crippen molar-refractivity contribution in [1.82, 2.24) is 4.57 Å². The average molecular weight is 627 g/mol. The highest BCUT2D eigenvalue weighted by molar-refractivity contribution is 7.07. The Kier molecular flexibility index (Phi) is 8.67. The summed E-state index contributed by atoms with van der Waals surface area (Å²) in [6.07, 6.45) is 1.45. The number of fused-ring (bicyclic) bond motifs is 1. The van der Waals surface area contributed by atoms with Gasteiger partial charge in [0.2, 0.25) is 5.88 Å². The Labute approximate surface area is 254 Å². The van der Waals surface area contributed by atoms with E-state index < -0.39 is 23.5 Å². The molecule has 2 aromatic heterocycles. The number of anilines is 2. The Morgan fingerprint density at radius 2 is 1.79 bits per heavy atom. The van der Waals surface area contributed by atoms with Crippen molar-refractivity contribution in [2.24, 2.45) is 4.99 Å². The number of benzene rings is 2. The highest BCUT2D eigenvalue weighted by atomic mass is 35.5. The molecule has 5 rings (SSSR count). The predicted molar refractivity (Wildman–Crippen MR) is 161 cm³/mol. The van der Waals surface area contributed by atoms with Crippen molar-refractivity contribution in [3.8, 4) is 0 Å². The number of allylic oxidation sites excluding steroid dienone is 1. The SMILES string of the molecule is CCOC(=O)C1=C(C)N=c2s/c(=C\c3oc(Nc4cccc(Cl)c4)c(C(=O)OCC)c3Cl)c(=O)n2[C@H]1c1ccccc1. The molecule has 0 radical (unpaired) electrons. The highest BCUT2D eigenvalue weighted by Crippen LogP contribution is 2.35. The van der Waals surface area contributed by atoms with Gasteiger partial charge in [-0.3, -0.25) is 9.36 Å². The third kappa shape index (κ3) is 5.65. The van der Waals surface area contributed by atoms with Gasteiger partial charge in [0, 0.05) is 16.8 Å². The summed E-state index contributed by atoms with van der Waals surface area (Å²) in [5.74, 6) is -1.16. The number of halogens is 2. The van der Waals surface area contributed by atoms with E-state index in [1.54, 1.807) is 45.0 Å². The molecule has 0 aliphatic carbocycles. The Hall–Kier alpha value is -4.12. The Morgan fingerprint density at radius 1 is 1.07 bits per heavy atom. The van der Waals surface area contributed by atoms with Crippen molar-refractivity contribution in [3.05, 3.63) is 112 Å². The maximum Gasteiger partial charge on any atom is 0.345 e. The first-order valence-corrected chi connectivity index (χ1v) is 14.6. The fourth-order valence-corrected chi connectivity index (χ4v) is 6.02. The van der Waals surface area contributed by atoms with Crippen LogP contribution in [-0.4, -0.2) is 29.7 Å². The molecule has 1 atom stereocenters. The molecule has 1 N–H and O–H groups in total. The second kappa shape index (κ2) is 12.4. The Balaban J connectivity index is 1.67. The number of nitrogens with zero attached hydrogens (tertiary/aromatic N) is 2. The molecule has 0 unspecified atom stereocenters. The fourth-order valence-electron chi connectivity index (χ4n) is 4.55. The monoisotopic (exact) mass is 625 g/mol. The quantitative estimate of drug-likeness (QED) is 0.253. The summed E-state index contributed by atoms with van der Waals surface area (Å²) in [5.41, 5.74) is 1.54. The minimum atomic E-state index is -0.758. The van der Waals surface area contributed by atoms with Crippen molar-refractivity contribution < 1.29 is 23.5 Å². The predicted octanol–water partition coefficient (Wildman–Crippen LogP) is 5.62. The van der Waals surface area contributed by atoms with Crippen molar-refractivity contribution in [2.45, 2.75) is 26.8 Å². The zero-order chi connectivity index (χ0) is 30.0. The lowest BCUT2D eigenvalue weighted by atomic mass is 9.96. The van der Waals surface area contributed by atoms with E-state index >= 15 is 0 Å². The lowest BCUT2D eigenvalue weighted by molar-refractivity contribution is -0.139. The van der Waals surface area contributed by atoms with E-state index in [-0.39, 0.29) is 45.5 Å². The maximum atomic E-state index is 13.9. The summed E-state index contributed by atoms with van der Waals surface area (Å²) in [5, 5.41) is 3.45. The van der Waals surface area contributed by atoms with E-state index in [9.17, 15) is 14.4 Å². The molecule has 0 bridgehead atoms. The van der Waals surface area contributed by atoms with Gasteiger partial charge in [0.15, 0.2) is 10.6 Å². The third-order valence-electron chi connectivity index (χ3n) is 6.33. The van der Waals surface area contributed by atoms with Gasteiger partial charge < -0.3 is 19.2 Å². The largest absolute Gasteiger partial charge is 0.463 e. The normalized spacial score (nSPS) is 14.8. The average Bonchev–Trinajstić information content (AvgIpc) is 3.43. The molecule has 9 nitrogen and oxygen atoms in total. The summed E-state index contributed by atoms with van der Waals surface area (Å²) >= 11 is 13.9. The van der Waals surface area contributed by atoms with Crippen LogP contribution in [0.4, 0.5) is 11.6 Å². The molecule has 3 heterocycles. The van der Waals surface area contributed by atoms with Crippen LogP contribution in [0.15, 0.2) is 80.1 Å². The Bertz CT molecular complexity index is 1890. The minimum absolute atomic E-state index is 0.0277. The minimum Gasteiger partial charge on any atom is -0.463 e. The van der Waals surface area contributed by atoms with E-state index in [0.29, 0.717) is 21.2 Å². The second-order valence-electron chi connectivity index (χ2n) is 9.05. The molecule has 1 aliphatic heterocycles. The van der Waals surface area contributed by atoms with Gasteiger partial charge in [0.05, 0.1) is 35.1 Å². The molecule has 1 aliphatic rings. The van der Waals surface area contributed by atoms with Crippen LogP contribution < -0.4 is 20.2 Å². The first-order chi connectivity index (χ1) is 20.2. The van der Waals surface area contributed by atoms with Crippen LogP contribution in [0.2, 0.25) is 10.0 Å². The first-order valence-electron chi connectivity index (χ1n) is 13.0. The molecule has 0 fully saturated rings. The summed E-state index contributed by atoms with van der Waals surface area (Å²) in [7, 11) is 0. The second-order valence-corrected chi connectivity index (χ2v) is 10.9. The number of rotatable bonds is 8. The number of aromatic nitrogens is 1. The van der Waals surface area contributed by atoms with Crippen molar-refractivity contribution >= 4 is 64.1 Å². The molecule has 0 saturated carbocycles. The van der Waals surface area contributed by atoms with Gasteiger partial charge in [-0.1, -0.05) is 70.9 Å². The number of carbonyl (C=O) groups excluding carboxylic acids is 2. The number of hydrogen-bond donors (Lipinski definition) is 1. The summed E-state index contributed by atoms with van der Waals surface area (Å²) in [6, 6.07) is 15.3. The van der Waals surface area contributed by atoms with Crippen LogP contribution in [0.3, 0.4) is 0 Å². The number of hydrogen-bond acceptors (Lipinski definition) is 9. The third-order valence-corrected chi connectivity index (χ3v) is 7.92. The number of nitrogens with one attached hydrogen (secondary N) is 1. The van der Waals surface area contributed by atoms with Gasteiger partial charge in [-0.25, -0.2) is 14.6 Å². The fraction of sp³-hybridized carbons (Fsp3) is 0.200. The van der Waals surface area contributed by atoms with E-state index in [1.165, 1.54) is 10.6 Å². The van der Waals surface area contributed by atoms with Crippen molar-refractivity contribution in [3.63, 3.8) is 0 Å². The first kappa shape index (κ1) is 29.4. The standard InChI is InChI=1S/C30H25Cl2N3O6S/c1-4-39-28(37)22-16(3)33-30-35(25(22)17-10-7-6-8-11-17)27(36)21(42-30)15-20-24(32)23(29(38)40-5-2)26(41-20)34-19-13-9-12-18(31)14-19/h6-15,25,34H,4-5H2,1-3H3/b21-15-/t25-/m0/s1. The molecule has 216 valence electrons. The molecule has 0 saturated heterocycles. The molecule has 42 heavy (non-hydrogen) atoms. The topological polar surface area (TPSA) is 112 Å². The summed E-state index contributed by atoms with van der Waals surface area (Å²) in [4.78, 5) is 44.7. The molecule has 0 spiro atoms. The van der Waals surface area contributed by atoms with Crippen LogP contribution in [-0.2, 0) is 14.3 Å². The van der Waals surface area contributed by atoms with Crippen LogP contribution in [0.5, 0.6) is 0 Å². The lowest BCUT2D eigenvalue weighted by Gasteiger charge is -2.24. The number of esters is 2. The summed E-state index contributed by atoms with van der Waals surface area (Å²) < 4.78 is 18.2. The zero-order valence-corrected chi connectivity index (χ0v) is 25.1. The zero-order valence-electron chi connectivity index (χ0n) is 22.8. The van der Waals surface area contributed by atoms with Gasteiger partial charge >= 0.3 is 11.9 Å². The van der Waals surface area contributed by atoms with Crippen LogP contribution >= 0.6 is 34.5 Å². The van der Waals surface area contributed by atoms with Crippen molar-refractivity contribution in [1.29, 1.82) is 0 Å². The van der Waals surface area contributed by atoms with Gasteiger partial charge in [-0.2, -0.15) is 0 Å². The van der Waals surface area contributed by atoms with Crippen molar-refractivity contribution in [2.75, 3.05) is 18.5 Å². The smallest absolute Gasteiger partial charge is 0.345 e. The number of carbonyl (C=O) groups is 2. The summed E-state index contributed by atoms with van der Waals surface area (Å²) in [6.45, 7) is 5.39. The molecule has 4 aromatic rings. The molecule has 0 amide bonds. The highest BCUT2D eigenvalue weighted by Gasteiger charge is 2.33. The van der Waals surface area contributed by atoms with E-state index in [0.717, 1.165) is 16.9 Å². The molecule has 12 heteroatoms. The number of furan rings is 1. The molecular formula is C30H25Cl2N3O6S. The van der Waals surface area contributed by atoms with Gasteiger partial charge in [-0.05, 0) is 44.5 Å². The van der Waals surface area contributed by atoms with Crippen LogP contribution in [0.1, 0.15) is 48.5 Å². The van der Waals surface area contributed by atoms with Gasteiger partial charge in [-0.15, -0.1) is 0 Å². The van der Waals surface area contributed by atoms with Gasteiger partial charge in [0.25, 0.3) is 5.56 Å². The van der Waals surface area contributed by atoms with E-state index in [1.807, 2.05) is 30.3 Å². The van der Waals surface area contributed by atoms with Gasteiger partial charge in [0.1, 0.15) is 10.6 Å². The molecular weight excluding hydrogens is 601 g/mol. The van der Waals surface area contributed by atoms with E-state index in [2.05, 4.69) is 10.3 Å². The van der Waals surface area contributed by atoms with Crippen LogP contribution in [0.25, 0.3) is 6.08 Å². The lowest BCUT2D eigenvalue weighted by Crippen LogP contribution is -2.39. The molecule has 2 aromatic carbocycles. The van der Waals surface area contributed by atoms with E-state index in [4.69, 9.17) is 37.1 Å².